The summed E-state index contributed by atoms with van der Waals surface area (Å²) >= 11 is 0. The Hall–Kier alpha value is -17.0. The molecule has 0 aliphatic heterocycles. The fourth-order valence-corrected chi connectivity index (χ4v) is 17.1. The highest BCUT2D eigenvalue weighted by Gasteiger charge is 2.23. The van der Waals surface area contributed by atoms with Crippen molar-refractivity contribution in [3.8, 4) is 134 Å². The summed E-state index contributed by atoms with van der Waals surface area (Å²) in [5.74, 6) is 0. The van der Waals surface area contributed by atoms with Gasteiger partial charge in [0.25, 0.3) is 0 Å². The summed E-state index contributed by atoms with van der Waals surface area (Å²) in [5, 5.41) is 0. The predicted octanol–water partition coefficient (Wildman–Crippen LogP) is 35.5. The van der Waals surface area contributed by atoms with Crippen LogP contribution in [0, 0.1) is 0 Å². The minimum atomic E-state index is 1.10. The van der Waals surface area contributed by atoms with Crippen molar-refractivity contribution in [3.63, 3.8) is 0 Å². The average Bonchev–Trinajstić information content (AvgIpc) is 0.773. The Kier molecular flexibility index (Phi) is 25.1. The molecule has 21 aromatic rings. The maximum absolute atomic E-state index is 2.40. The summed E-state index contributed by atoms with van der Waals surface area (Å²) < 4.78 is 0. The molecule has 0 aliphatic carbocycles. The maximum atomic E-state index is 2.40. The van der Waals surface area contributed by atoms with Gasteiger partial charge in [-0.25, -0.2) is 0 Å². The van der Waals surface area contributed by atoms with Crippen LogP contribution in [0.2, 0.25) is 0 Å². The molecule has 0 N–H and O–H groups in total. The van der Waals surface area contributed by atoms with E-state index in [1.807, 2.05) is 0 Å². The first-order valence-electron chi connectivity index (χ1n) is 44.1. The molecule has 0 saturated heterocycles. The second-order valence-electron chi connectivity index (χ2n) is 31.9. The topological polar surface area (TPSA) is 9.72 Å². The molecule has 0 amide bonds. The van der Waals surface area contributed by atoms with Crippen molar-refractivity contribution in [3.05, 3.63) is 564 Å². The van der Waals surface area contributed by atoms with Crippen molar-refractivity contribution in [2.24, 2.45) is 0 Å². The maximum Gasteiger partial charge on any atom is 0.0540 e. The lowest BCUT2D eigenvalue weighted by Crippen LogP contribution is -2.12. The van der Waals surface area contributed by atoms with Crippen LogP contribution in [0.1, 0.15) is 0 Å². The molecule has 0 saturated carbocycles. The molecule has 0 atom stereocenters. The molecule has 0 fully saturated rings. The molecular formula is C126H93N3. The Morgan fingerprint density at radius 1 is 0.0853 bits per heavy atom. The molecule has 0 aromatic heterocycles. The van der Waals surface area contributed by atoms with Crippen molar-refractivity contribution >= 4 is 51.2 Å². The lowest BCUT2D eigenvalue weighted by atomic mass is 9.98. The molecule has 0 spiro atoms. The zero-order valence-corrected chi connectivity index (χ0v) is 71.5. The van der Waals surface area contributed by atoms with Gasteiger partial charge < -0.3 is 14.7 Å². The van der Waals surface area contributed by atoms with Crippen LogP contribution in [-0.2, 0) is 0 Å². The Balaban J connectivity index is 0.000000130. The third kappa shape index (κ3) is 19.2. The second kappa shape index (κ2) is 39.7. The van der Waals surface area contributed by atoms with Crippen molar-refractivity contribution in [1.82, 2.24) is 0 Å². The van der Waals surface area contributed by atoms with Crippen molar-refractivity contribution in [2.45, 2.75) is 0 Å². The quantitative estimate of drug-likeness (QED) is 0.0710. The van der Waals surface area contributed by atoms with Gasteiger partial charge >= 0.3 is 0 Å². The normalized spacial score (nSPS) is 10.8. The monoisotopic (exact) mass is 1650 g/mol. The van der Waals surface area contributed by atoms with Crippen LogP contribution in [0.25, 0.3) is 134 Å². The Morgan fingerprint density at radius 2 is 0.240 bits per heavy atom. The Labute approximate surface area is 758 Å². The number of nitrogens with zero attached hydrogens (tertiary/aromatic N) is 3. The van der Waals surface area contributed by atoms with Gasteiger partial charge in [-0.1, -0.05) is 473 Å². The van der Waals surface area contributed by atoms with E-state index in [0.717, 1.165) is 51.2 Å². The fraction of sp³-hybridized carbons (Fsp3) is 0. The predicted molar refractivity (Wildman–Crippen MR) is 549 cm³/mol. The van der Waals surface area contributed by atoms with Gasteiger partial charge in [-0.05, 0) is 208 Å². The standard InChI is InChI=1S/C54H39N.2C36H27N/c1-4-10-40(11-5-1)43-16-22-46(23-17-43)49-28-34-52(35-29-49)55(53-36-30-50(31-37-53)47-24-18-44(19-25-47)41-12-6-2-7-13-41)54-38-32-51(33-39-54)48-26-20-45(21-27-48)42-14-8-3-9-15-42;1-4-15-28(16-5-1)31-21-14-22-32(27-31)37(35-25-12-10-23-33(35)29-17-6-2-7-18-29)36-26-13-11-24-34(36)30-19-8-3-9-20-30;1-4-14-28(15-5-1)31-20-12-22-33(26-31)37(34-23-13-21-32(27-34)29-16-6-2-7-17-29)36-25-11-10-24-35(36)30-18-8-3-9-19-30/h1-39H;2*1-27H. The van der Waals surface area contributed by atoms with Gasteiger partial charge in [0, 0.05) is 50.8 Å². The first-order chi connectivity index (χ1) is 64.0. The molecule has 0 aliphatic rings. The number of hydrogen-bond donors (Lipinski definition) is 0. The smallest absolute Gasteiger partial charge is 0.0540 e. The summed E-state index contributed by atoms with van der Waals surface area (Å²) in [7, 11) is 0. The molecule has 0 bridgehead atoms. The largest absolute Gasteiger partial charge is 0.311 e. The fourth-order valence-electron chi connectivity index (χ4n) is 17.1. The van der Waals surface area contributed by atoms with Gasteiger partial charge in [0.2, 0.25) is 0 Å². The van der Waals surface area contributed by atoms with Crippen molar-refractivity contribution in [2.75, 3.05) is 14.7 Å². The lowest BCUT2D eigenvalue weighted by Gasteiger charge is -2.30. The van der Waals surface area contributed by atoms with E-state index >= 15 is 0 Å². The van der Waals surface area contributed by atoms with Crippen LogP contribution in [0.5, 0.6) is 0 Å². The van der Waals surface area contributed by atoms with Crippen LogP contribution >= 0.6 is 0 Å². The molecule has 21 aromatic carbocycles. The molecule has 612 valence electrons. The van der Waals surface area contributed by atoms with Gasteiger partial charge in [0.15, 0.2) is 0 Å². The molecular weight excluding hydrogens is 1560 g/mol. The van der Waals surface area contributed by atoms with E-state index < -0.39 is 0 Å². The van der Waals surface area contributed by atoms with Gasteiger partial charge in [-0.15, -0.1) is 0 Å². The van der Waals surface area contributed by atoms with Gasteiger partial charge in [0.1, 0.15) is 0 Å². The first-order valence-corrected chi connectivity index (χ1v) is 44.1. The van der Waals surface area contributed by atoms with Crippen molar-refractivity contribution in [1.29, 1.82) is 0 Å². The SMILES string of the molecule is c1ccc(-c2ccc(-c3ccc(N(c4ccc(-c5ccc(-c6ccccc6)cc5)cc4)c4ccc(-c5ccc(-c6ccccc6)cc5)cc4)cc3)cc2)cc1.c1ccc(-c2cccc(N(c3cccc(-c4ccccc4)c3)c3ccccc3-c3ccccc3)c2)cc1.c1ccc(-c2cccc(N(c3ccccc3-c3ccccc3)c3ccccc3-c3ccccc3)c2)cc1. The Morgan fingerprint density at radius 3 is 0.465 bits per heavy atom. The first kappa shape index (κ1) is 81.7. The van der Waals surface area contributed by atoms with Crippen LogP contribution < -0.4 is 14.7 Å². The third-order valence-corrected chi connectivity index (χ3v) is 23.7. The molecule has 129 heavy (non-hydrogen) atoms. The summed E-state index contributed by atoms with van der Waals surface area (Å²) in [5.41, 5.74) is 38.9. The van der Waals surface area contributed by atoms with Crippen LogP contribution in [0.3, 0.4) is 0 Å². The van der Waals surface area contributed by atoms with Gasteiger partial charge in [-0.2, -0.15) is 0 Å². The molecule has 0 unspecified atom stereocenters. The van der Waals surface area contributed by atoms with E-state index in [0.29, 0.717) is 0 Å². The summed E-state index contributed by atoms with van der Waals surface area (Å²) in [6, 6.07) is 201. The van der Waals surface area contributed by atoms with E-state index in [1.165, 1.54) is 134 Å². The van der Waals surface area contributed by atoms with Crippen LogP contribution in [-0.4, -0.2) is 0 Å². The zero-order valence-electron chi connectivity index (χ0n) is 71.5. The average molecular weight is 1650 g/mol. The van der Waals surface area contributed by atoms with Crippen LogP contribution in [0.15, 0.2) is 564 Å². The molecule has 0 heterocycles. The van der Waals surface area contributed by atoms with Gasteiger partial charge in [0.05, 0.1) is 17.1 Å². The van der Waals surface area contributed by atoms with E-state index in [-0.39, 0.29) is 0 Å². The third-order valence-electron chi connectivity index (χ3n) is 23.7. The number of hydrogen-bond acceptors (Lipinski definition) is 3. The highest BCUT2D eigenvalue weighted by Crippen LogP contribution is 2.48. The highest BCUT2D eigenvalue weighted by molar-refractivity contribution is 5.96. The van der Waals surface area contributed by atoms with Crippen molar-refractivity contribution < 1.29 is 0 Å². The lowest BCUT2D eigenvalue weighted by molar-refractivity contribution is 1.28. The number of benzene rings is 21. The number of anilines is 9. The molecule has 3 heteroatoms. The minimum absolute atomic E-state index is 1.10. The molecule has 3 nitrogen and oxygen atoms in total. The van der Waals surface area contributed by atoms with E-state index in [1.54, 1.807) is 0 Å². The summed E-state index contributed by atoms with van der Waals surface area (Å²) in [6.07, 6.45) is 0. The van der Waals surface area contributed by atoms with E-state index in [2.05, 4.69) is 579 Å². The number of rotatable bonds is 21. The van der Waals surface area contributed by atoms with Gasteiger partial charge in [-0.3, -0.25) is 0 Å². The minimum Gasteiger partial charge on any atom is -0.311 e. The molecule has 0 radical (unpaired) electrons. The number of para-hydroxylation sites is 3. The highest BCUT2D eigenvalue weighted by atomic mass is 15.2. The summed E-state index contributed by atoms with van der Waals surface area (Å²) in [6.45, 7) is 0. The second-order valence-corrected chi connectivity index (χ2v) is 31.9. The Bertz CT molecular complexity index is 6700. The summed E-state index contributed by atoms with van der Waals surface area (Å²) in [4.78, 5) is 7.12. The van der Waals surface area contributed by atoms with E-state index in [9.17, 15) is 0 Å². The zero-order chi connectivity index (χ0) is 86.5. The van der Waals surface area contributed by atoms with E-state index in [4.69, 9.17) is 0 Å². The van der Waals surface area contributed by atoms with Crippen LogP contribution in [0.4, 0.5) is 51.2 Å². The molecule has 21 rings (SSSR count).